The number of hydrogen-bond donors (Lipinski definition) is 0. The highest BCUT2D eigenvalue weighted by Gasteiger charge is 2.51. The number of fused-ring (bicyclic) bond motifs is 5. The van der Waals surface area contributed by atoms with Gasteiger partial charge in [0.15, 0.2) is 0 Å². The van der Waals surface area contributed by atoms with E-state index >= 15 is 0 Å². The molecule has 0 bridgehead atoms. The number of rotatable bonds is 6. The Kier molecular flexibility index (Phi) is 3.48. The molecule has 1 aromatic carbocycles. The maximum absolute atomic E-state index is 12.9. The Bertz CT molecular complexity index is 738. The fourth-order valence-corrected chi connectivity index (χ4v) is 3.56. The normalized spacial score (nSPS) is 23.7. The van der Waals surface area contributed by atoms with Crippen molar-refractivity contribution >= 4 is 16.9 Å². The summed E-state index contributed by atoms with van der Waals surface area (Å²) < 4.78 is 16.7. The van der Waals surface area contributed by atoms with Crippen LogP contribution >= 0.6 is 0 Å². The first-order valence-electron chi connectivity index (χ1n) is 8.16. The Balaban J connectivity index is 1.71. The molecule has 23 heavy (non-hydrogen) atoms. The lowest BCUT2D eigenvalue weighted by molar-refractivity contribution is -0.107. The van der Waals surface area contributed by atoms with Gasteiger partial charge in [0, 0.05) is 24.4 Å². The molecule has 1 aliphatic heterocycles. The number of allylic oxidation sites excluding steroid dienone is 2. The highest BCUT2D eigenvalue weighted by molar-refractivity contribution is 6.17. The van der Waals surface area contributed by atoms with E-state index in [1.807, 2.05) is 26.0 Å². The molecule has 4 heteroatoms. The highest BCUT2D eigenvalue weighted by Crippen LogP contribution is 2.55. The van der Waals surface area contributed by atoms with E-state index in [2.05, 4.69) is 19.1 Å². The third kappa shape index (κ3) is 2.13. The molecule has 1 heterocycles. The standard InChI is InChI=1S/C19H20O4/c1-4-21-19(22-5-2)16(20)12-8-6-7-11-13-9-10(3)17-18(23-17)15(13)14(11)12/h6-9,17-19H,4-5H2,1-3H3. The van der Waals surface area contributed by atoms with E-state index in [1.165, 1.54) is 16.7 Å². The molecule has 2 unspecified atom stereocenters. The zero-order valence-corrected chi connectivity index (χ0v) is 13.6. The van der Waals surface area contributed by atoms with Crippen molar-refractivity contribution in [1.82, 2.24) is 0 Å². The van der Waals surface area contributed by atoms with Crippen molar-refractivity contribution in [3.05, 3.63) is 46.5 Å². The molecule has 2 atom stereocenters. The second-order valence-electron chi connectivity index (χ2n) is 6.03. The summed E-state index contributed by atoms with van der Waals surface area (Å²) in [7, 11) is 0. The Labute approximate surface area is 135 Å². The van der Waals surface area contributed by atoms with Gasteiger partial charge in [0.2, 0.25) is 12.1 Å². The third-order valence-electron chi connectivity index (χ3n) is 4.63. The maximum Gasteiger partial charge on any atom is 0.222 e. The maximum atomic E-state index is 12.9. The van der Waals surface area contributed by atoms with Crippen LogP contribution in [0.25, 0.3) is 11.1 Å². The first-order chi connectivity index (χ1) is 11.2. The van der Waals surface area contributed by atoms with E-state index in [-0.39, 0.29) is 18.0 Å². The largest absolute Gasteiger partial charge is 0.360 e. The van der Waals surface area contributed by atoms with Gasteiger partial charge < -0.3 is 14.2 Å². The van der Waals surface area contributed by atoms with Crippen LogP contribution in [-0.2, 0) is 14.2 Å². The van der Waals surface area contributed by atoms with Gasteiger partial charge in [0.25, 0.3) is 0 Å². The predicted molar refractivity (Wildman–Crippen MR) is 87.0 cm³/mol. The van der Waals surface area contributed by atoms with Crippen LogP contribution in [-0.4, -0.2) is 37.5 Å². The molecule has 4 nitrogen and oxygen atoms in total. The van der Waals surface area contributed by atoms with E-state index < -0.39 is 6.29 Å². The van der Waals surface area contributed by atoms with Crippen LogP contribution in [0.4, 0.5) is 0 Å². The molecule has 2 aliphatic carbocycles. The van der Waals surface area contributed by atoms with E-state index in [0.717, 1.165) is 11.1 Å². The number of Topliss-reactive ketones (excluding diaryl/α,β-unsaturated/α-hetero) is 1. The van der Waals surface area contributed by atoms with Gasteiger partial charge in [-0.25, -0.2) is 0 Å². The molecule has 120 valence electrons. The van der Waals surface area contributed by atoms with Gasteiger partial charge in [-0.2, -0.15) is 0 Å². The molecule has 1 aromatic rings. The molecule has 1 saturated heterocycles. The van der Waals surface area contributed by atoms with E-state index in [1.54, 1.807) is 0 Å². The van der Waals surface area contributed by atoms with Gasteiger partial charge in [-0.15, -0.1) is 0 Å². The van der Waals surface area contributed by atoms with Gasteiger partial charge in [-0.3, -0.25) is 4.79 Å². The molecule has 1 fully saturated rings. The molecule has 0 saturated carbocycles. The van der Waals surface area contributed by atoms with Crippen molar-refractivity contribution in [3.63, 3.8) is 0 Å². The molecule has 0 spiro atoms. The van der Waals surface area contributed by atoms with Crippen molar-refractivity contribution in [1.29, 1.82) is 0 Å². The minimum absolute atomic E-state index is 0.111. The van der Waals surface area contributed by atoms with Crippen molar-refractivity contribution in [2.24, 2.45) is 0 Å². The topological polar surface area (TPSA) is 48.1 Å². The lowest BCUT2D eigenvalue weighted by atomic mass is 9.72. The minimum Gasteiger partial charge on any atom is -0.360 e. The minimum atomic E-state index is -0.835. The SMILES string of the molecule is CCOC(OCC)C(=O)c1cccc2c1C1=C2C=C(C)C2OC12. The fraction of sp³-hybridized carbons (Fsp3) is 0.421. The number of ether oxygens (including phenoxy) is 3. The van der Waals surface area contributed by atoms with Crippen LogP contribution in [0.3, 0.4) is 0 Å². The summed E-state index contributed by atoms with van der Waals surface area (Å²) in [4.78, 5) is 12.9. The summed E-state index contributed by atoms with van der Waals surface area (Å²) in [6.45, 7) is 6.70. The average molecular weight is 312 g/mol. The average Bonchev–Trinajstić information content (AvgIpc) is 3.32. The first-order valence-corrected chi connectivity index (χ1v) is 8.16. The number of epoxide rings is 1. The van der Waals surface area contributed by atoms with Crippen LogP contribution in [0.1, 0.15) is 42.3 Å². The van der Waals surface area contributed by atoms with Crippen molar-refractivity contribution in [2.45, 2.75) is 39.3 Å². The van der Waals surface area contributed by atoms with Gasteiger partial charge in [0.1, 0.15) is 12.2 Å². The van der Waals surface area contributed by atoms with Gasteiger partial charge in [0.05, 0.1) is 0 Å². The van der Waals surface area contributed by atoms with Crippen LogP contribution in [0.15, 0.2) is 29.8 Å². The molecule has 3 aliphatic rings. The number of ketones is 1. The van der Waals surface area contributed by atoms with Gasteiger partial charge in [-0.05, 0) is 43.0 Å². The highest BCUT2D eigenvalue weighted by atomic mass is 16.7. The second-order valence-corrected chi connectivity index (χ2v) is 6.03. The molecular formula is C19H20O4. The van der Waals surface area contributed by atoms with Crippen molar-refractivity contribution < 1.29 is 19.0 Å². The third-order valence-corrected chi connectivity index (χ3v) is 4.63. The molecule has 0 amide bonds. The summed E-state index contributed by atoms with van der Waals surface area (Å²) in [5, 5.41) is 0. The molecule has 0 radical (unpaired) electrons. The van der Waals surface area contributed by atoms with Crippen LogP contribution in [0.2, 0.25) is 0 Å². The Morgan fingerprint density at radius 1 is 1.22 bits per heavy atom. The van der Waals surface area contributed by atoms with Crippen LogP contribution in [0, 0.1) is 0 Å². The Hall–Kier alpha value is -1.75. The monoisotopic (exact) mass is 312 g/mol. The van der Waals surface area contributed by atoms with Crippen molar-refractivity contribution in [3.8, 4) is 0 Å². The summed E-state index contributed by atoms with van der Waals surface area (Å²) in [6.07, 6.45) is 1.66. The van der Waals surface area contributed by atoms with Gasteiger partial charge in [-0.1, -0.05) is 24.3 Å². The molecule has 0 aromatic heterocycles. The number of carbonyl (C=O) groups excluding carboxylic acids is 1. The Morgan fingerprint density at radius 2 is 1.96 bits per heavy atom. The summed E-state index contributed by atoms with van der Waals surface area (Å²) in [5.41, 5.74) is 6.48. The lowest BCUT2D eigenvalue weighted by Gasteiger charge is -2.30. The van der Waals surface area contributed by atoms with E-state index in [9.17, 15) is 4.79 Å². The fourth-order valence-electron chi connectivity index (χ4n) is 3.56. The van der Waals surface area contributed by atoms with E-state index in [4.69, 9.17) is 14.2 Å². The summed E-state index contributed by atoms with van der Waals surface area (Å²) in [6, 6.07) is 5.85. The Morgan fingerprint density at radius 3 is 2.65 bits per heavy atom. The van der Waals surface area contributed by atoms with Crippen molar-refractivity contribution in [2.75, 3.05) is 13.2 Å². The predicted octanol–water partition coefficient (Wildman–Crippen LogP) is 3.22. The quantitative estimate of drug-likeness (QED) is 0.460. The molecule has 4 rings (SSSR count). The molecular weight excluding hydrogens is 292 g/mol. The lowest BCUT2D eigenvalue weighted by Crippen LogP contribution is -2.30. The number of benzene rings is 1. The zero-order chi connectivity index (χ0) is 16.1. The smallest absolute Gasteiger partial charge is 0.222 e. The number of carbonyl (C=O) groups is 1. The zero-order valence-electron chi connectivity index (χ0n) is 13.6. The molecule has 0 N–H and O–H groups in total. The summed E-state index contributed by atoms with van der Waals surface area (Å²) >= 11 is 0. The summed E-state index contributed by atoms with van der Waals surface area (Å²) in [5.74, 6) is -0.111. The second kappa shape index (κ2) is 5.41. The van der Waals surface area contributed by atoms with Crippen LogP contribution in [0.5, 0.6) is 0 Å². The van der Waals surface area contributed by atoms with Crippen LogP contribution < -0.4 is 0 Å². The van der Waals surface area contributed by atoms with E-state index in [0.29, 0.717) is 18.8 Å². The van der Waals surface area contributed by atoms with Gasteiger partial charge >= 0.3 is 0 Å². The number of hydrogen-bond acceptors (Lipinski definition) is 4. The first kappa shape index (κ1) is 14.8.